The third kappa shape index (κ3) is 6.87. The molecule has 2 N–H and O–H groups in total. The number of aryl methyl sites for hydroxylation is 1. The molecule has 1 aliphatic rings. The fourth-order valence-corrected chi connectivity index (χ4v) is 9.32. The lowest BCUT2D eigenvalue weighted by Crippen LogP contribution is -2.32. The Labute approximate surface area is 273 Å². The molecule has 3 heterocycles. The van der Waals surface area contributed by atoms with Gasteiger partial charge in [-0.3, -0.25) is 4.72 Å². The van der Waals surface area contributed by atoms with E-state index in [2.05, 4.69) is 25.0 Å². The molecule has 0 spiro atoms. The number of sulfone groups is 1. The van der Waals surface area contributed by atoms with Gasteiger partial charge in [-0.25, -0.2) is 45.0 Å². The van der Waals surface area contributed by atoms with Crippen LogP contribution in [0.3, 0.4) is 0 Å². The summed E-state index contributed by atoms with van der Waals surface area (Å²) in [7, 11) is -7.62. The van der Waals surface area contributed by atoms with Gasteiger partial charge in [0.15, 0.2) is 5.82 Å². The molecule has 15 heteroatoms. The maximum absolute atomic E-state index is 16.3. The monoisotopic (exact) mass is 699 g/mol. The number of rotatable bonds is 9. The topological polar surface area (TPSA) is 131 Å². The molecule has 0 radical (unpaired) electrons. The predicted octanol–water partition coefficient (Wildman–Crippen LogP) is 6.70. The van der Waals surface area contributed by atoms with Crippen molar-refractivity contribution in [3.8, 4) is 32.4 Å². The van der Waals surface area contributed by atoms with Crippen LogP contribution in [-0.2, 0) is 26.3 Å². The SMILES string of the molecule is CCc1cccc(F)c1S(=O)(=O)Nc1cccc(-c2nc(-c3ccccc3F)sc2-c2ccnc(NC3CCS(=O)(=O)CC3)n2)c1F. The van der Waals surface area contributed by atoms with Crippen molar-refractivity contribution >= 4 is 42.8 Å². The van der Waals surface area contributed by atoms with Crippen LogP contribution in [0.15, 0.2) is 77.8 Å². The maximum Gasteiger partial charge on any atom is 0.265 e. The Morgan fingerprint density at radius 1 is 0.894 bits per heavy atom. The molecule has 0 amide bonds. The van der Waals surface area contributed by atoms with Gasteiger partial charge in [-0.1, -0.05) is 37.3 Å². The van der Waals surface area contributed by atoms with Gasteiger partial charge < -0.3 is 5.32 Å². The zero-order chi connectivity index (χ0) is 33.3. The van der Waals surface area contributed by atoms with Crippen molar-refractivity contribution in [1.29, 1.82) is 0 Å². The number of nitrogens with one attached hydrogen (secondary N) is 2. The second-order valence-electron chi connectivity index (χ2n) is 10.9. The summed E-state index contributed by atoms with van der Waals surface area (Å²) in [5, 5.41) is 3.39. The van der Waals surface area contributed by atoms with E-state index in [1.165, 1.54) is 54.7 Å². The third-order valence-electron chi connectivity index (χ3n) is 7.70. The van der Waals surface area contributed by atoms with Gasteiger partial charge in [0.25, 0.3) is 10.0 Å². The Morgan fingerprint density at radius 3 is 2.34 bits per heavy atom. The molecular formula is C32H28F3N5O4S3. The molecule has 0 saturated carbocycles. The third-order valence-corrected chi connectivity index (χ3v) is 12.0. The van der Waals surface area contributed by atoms with E-state index in [4.69, 9.17) is 0 Å². The van der Waals surface area contributed by atoms with Gasteiger partial charge in [-0.15, -0.1) is 11.3 Å². The molecule has 0 unspecified atom stereocenters. The average molecular weight is 700 g/mol. The van der Waals surface area contributed by atoms with Crippen LogP contribution in [0.5, 0.6) is 0 Å². The van der Waals surface area contributed by atoms with Crippen molar-refractivity contribution in [3.63, 3.8) is 0 Å². The molecule has 47 heavy (non-hydrogen) atoms. The average Bonchev–Trinajstić information content (AvgIpc) is 3.48. The Kier molecular flexibility index (Phi) is 9.05. The van der Waals surface area contributed by atoms with E-state index in [0.29, 0.717) is 23.4 Å². The van der Waals surface area contributed by atoms with E-state index in [1.54, 1.807) is 19.1 Å². The number of sulfonamides is 1. The Hall–Kier alpha value is -4.34. The number of anilines is 2. The van der Waals surface area contributed by atoms with Crippen molar-refractivity contribution in [2.75, 3.05) is 21.5 Å². The highest BCUT2D eigenvalue weighted by Gasteiger charge is 2.28. The molecule has 0 bridgehead atoms. The summed E-state index contributed by atoms with van der Waals surface area (Å²) >= 11 is 1.06. The molecule has 6 rings (SSSR count). The highest BCUT2D eigenvalue weighted by atomic mass is 32.2. The van der Waals surface area contributed by atoms with E-state index in [-0.39, 0.29) is 57.3 Å². The molecule has 1 aliphatic heterocycles. The Bertz CT molecular complexity index is 2180. The normalized spacial score (nSPS) is 15.0. The molecule has 0 aliphatic carbocycles. The Morgan fingerprint density at radius 2 is 1.60 bits per heavy atom. The van der Waals surface area contributed by atoms with Gasteiger partial charge in [0.2, 0.25) is 5.95 Å². The number of nitrogens with zero attached hydrogens (tertiary/aromatic N) is 3. The smallest absolute Gasteiger partial charge is 0.265 e. The number of benzene rings is 3. The van der Waals surface area contributed by atoms with Crippen molar-refractivity contribution in [2.24, 2.45) is 0 Å². The van der Waals surface area contributed by atoms with Crippen LogP contribution in [0, 0.1) is 17.5 Å². The molecule has 1 saturated heterocycles. The van der Waals surface area contributed by atoms with Gasteiger partial charge in [0.1, 0.15) is 31.4 Å². The standard InChI is InChI=1S/C32H28F3N5O4S3/c1-2-19-7-5-11-24(34)30(19)47(43,44)40-25-12-6-9-22(27(25)35)28-29(45-31(39-28)21-8-3-4-10-23(21)33)26-13-16-36-32(38-26)37-20-14-17-46(41,42)18-15-20/h3-13,16,20,40H,2,14-15,17-18H2,1H3,(H,36,37,38). The summed E-state index contributed by atoms with van der Waals surface area (Å²) in [6.07, 6.45) is 2.49. The van der Waals surface area contributed by atoms with E-state index < -0.39 is 47.9 Å². The van der Waals surface area contributed by atoms with Gasteiger partial charge in [-0.05, 0) is 61.2 Å². The molecule has 0 atom stereocenters. The van der Waals surface area contributed by atoms with Gasteiger partial charge >= 0.3 is 0 Å². The summed E-state index contributed by atoms with van der Waals surface area (Å²) < 4.78 is 98.5. The van der Waals surface area contributed by atoms with Crippen LogP contribution in [0.2, 0.25) is 0 Å². The number of hydrogen-bond donors (Lipinski definition) is 2. The molecule has 244 valence electrons. The fraction of sp³-hybridized carbons (Fsp3) is 0.219. The summed E-state index contributed by atoms with van der Waals surface area (Å²) in [6.45, 7) is 1.68. The predicted molar refractivity (Wildman–Crippen MR) is 176 cm³/mol. The minimum absolute atomic E-state index is 0.0470. The summed E-state index contributed by atoms with van der Waals surface area (Å²) in [5.41, 5.74) is 0.259. The minimum atomic E-state index is -4.54. The first-order chi connectivity index (χ1) is 22.5. The molecular weight excluding hydrogens is 672 g/mol. The summed E-state index contributed by atoms with van der Waals surface area (Å²) in [5.74, 6) is -2.18. The first kappa shape index (κ1) is 32.6. The second kappa shape index (κ2) is 13.0. The maximum atomic E-state index is 16.3. The molecule has 2 aromatic heterocycles. The fourth-order valence-electron chi connectivity index (χ4n) is 5.32. The lowest BCUT2D eigenvalue weighted by Gasteiger charge is -2.23. The van der Waals surface area contributed by atoms with E-state index in [1.807, 2.05) is 0 Å². The van der Waals surface area contributed by atoms with Crippen LogP contribution >= 0.6 is 11.3 Å². The zero-order valence-electron chi connectivity index (χ0n) is 24.9. The van der Waals surface area contributed by atoms with Crippen LogP contribution in [-0.4, -0.2) is 49.3 Å². The number of aromatic nitrogens is 3. The molecule has 9 nitrogen and oxygen atoms in total. The first-order valence-corrected chi connectivity index (χ1v) is 18.7. The summed E-state index contributed by atoms with van der Waals surface area (Å²) in [4.78, 5) is 13.2. The van der Waals surface area contributed by atoms with Gasteiger partial charge in [-0.2, -0.15) is 0 Å². The largest absolute Gasteiger partial charge is 0.351 e. The lowest BCUT2D eigenvalue weighted by molar-refractivity contribution is 0.558. The molecule has 5 aromatic rings. The van der Waals surface area contributed by atoms with Crippen LogP contribution < -0.4 is 10.0 Å². The van der Waals surface area contributed by atoms with Crippen molar-refractivity contribution < 1.29 is 30.0 Å². The zero-order valence-corrected chi connectivity index (χ0v) is 27.3. The second-order valence-corrected chi connectivity index (χ2v) is 15.8. The number of thiazole rings is 1. The van der Waals surface area contributed by atoms with Crippen LogP contribution in [0.25, 0.3) is 32.4 Å². The van der Waals surface area contributed by atoms with Gasteiger partial charge in [0, 0.05) is 23.4 Å². The number of halogens is 3. The minimum Gasteiger partial charge on any atom is -0.351 e. The Balaban J connectivity index is 1.42. The van der Waals surface area contributed by atoms with Crippen LogP contribution in [0.4, 0.5) is 24.8 Å². The highest BCUT2D eigenvalue weighted by Crippen LogP contribution is 2.42. The lowest BCUT2D eigenvalue weighted by atomic mass is 10.1. The molecule has 1 fully saturated rings. The quantitative estimate of drug-likeness (QED) is 0.174. The van der Waals surface area contributed by atoms with E-state index in [9.17, 15) is 25.6 Å². The highest BCUT2D eigenvalue weighted by molar-refractivity contribution is 7.92. The number of hydrogen-bond acceptors (Lipinski definition) is 9. The van der Waals surface area contributed by atoms with Gasteiger partial charge in [0.05, 0.1) is 33.5 Å². The van der Waals surface area contributed by atoms with Crippen molar-refractivity contribution in [1.82, 2.24) is 15.0 Å². The summed E-state index contributed by atoms with van der Waals surface area (Å²) in [6, 6.07) is 15.3. The van der Waals surface area contributed by atoms with Crippen LogP contribution in [0.1, 0.15) is 25.3 Å². The van der Waals surface area contributed by atoms with Crippen molar-refractivity contribution in [2.45, 2.75) is 37.1 Å². The van der Waals surface area contributed by atoms with E-state index >= 15 is 4.39 Å². The first-order valence-electron chi connectivity index (χ1n) is 14.6. The van der Waals surface area contributed by atoms with Crippen molar-refractivity contribution in [3.05, 3.63) is 95.9 Å². The van der Waals surface area contributed by atoms with E-state index in [0.717, 1.165) is 17.4 Å². The molecule has 3 aromatic carbocycles.